The van der Waals surface area contributed by atoms with Crippen molar-refractivity contribution in [3.63, 3.8) is 0 Å². The molecule has 0 aromatic heterocycles. The number of rotatable bonds is 3. The van der Waals surface area contributed by atoms with Crippen molar-refractivity contribution >= 4 is 11.6 Å². The Labute approximate surface area is 82.4 Å². The van der Waals surface area contributed by atoms with Crippen LogP contribution >= 0.6 is 11.6 Å². The van der Waals surface area contributed by atoms with Gasteiger partial charge in [0.15, 0.2) is 0 Å². The van der Waals surface area contributed by atoms with Gasteiger partial charge >= 0.3 is 0 Å². The van der Waals surface area contributed by atoms with Gasteiger partial charge in [0, 0.05) is 5.88 Å². The van der Waals surface area contributed by atoms with Crippen LogP contribution in [0, 0.1) is 11.3 Å². The Morgan fingerprint density at radius 3 is 2.46 bits per heavy atom. The highest BCUT2D eigenvalue weighted by Gasteiger charge is 2.05. The minimum Gasteiger partial charge on any atom is -0.388 e. The van der Waals surface area contributed by atoms with E-state index in [0.717, 1.165) is 5.56 Å². The third-order valence-corrected chi connectivity index (χ3v) is 2.03. The molecule has 1 atom stereocenters. The quantitative estimate of drug-likeness (QED) is 0.752. The van der Waals surface area contributed by atoms with Crippen LogP contribution in [0.3, 0.4) is 0 Å². The highest BCUT2D eigenvalue weighted by Crippen LogP contribution is 2.17. The van der Waals surface area contributed by atoms with Gasteiger partial charge in [-0.15, -0.1) is 11.6 Å². The molecule has 68 valence electrons. The third kappa shape index (κ3) is 2.73. The fourth-order valence-electron chi connectivity index (χ4n) is 1.05. The van der Waals surface area contributed by atoms with Crippen molar-refractivity contribution in [2.45, 2.75) is 12.5 Å². The van der Waals surface area contributed by atoms with E-state index in [9.17, 15) is 5.11 Å². The molecule has 3 heteroatoms. The first-order valence-corrected chi connectivity index (χ1v) is 4.55. The van der Waals surface area contributed by atoms with Crippen LogP contribution in [-0.4, -0.2) is 11.0 Å². The first kappa shape index (κ1) is 10.0. The van der Waals surface area contributed by atoms with Crippen molar-refractivity contribution in [1.29, 1.82) is 5.26 Å². The molecule has 0 bridgehead atoms. The van der Waals surface area contributed by atoms with Crippen LogP contribution in [0.2, 0.25) is 0 Å². The van der Waals surface area contributed by atoms with Crippen molar-refractivity contribution in [1.82, 2.24) is 0 Å². The number of benzene rings is 1. The summed E-state index contributed by atoms with van der Waals surface area (Å²) in [6.45, 7) is 0. The van der Waals surface area contributed by atoms with E-state index in [1.54, 1.807) is 24.3 Å². The molecule has 1 N–H and O–H groups in total. The lowest BCUT2D eigenvalue weighted by atomic mass is 10.1. The molecule has 1 rings (SSSR count). The summed E-state index contributed by atoms with van der Waals surface area (Å²) in [7, 11) is 0. The Kier molecular flexibility index (Phi) is 3.75. The minimum absolute atomic E-state index is 0.432. The summed E-state index contributed by atoms with van der Waals surface area (Å²) in [6.07, 6.45) is 0.0123. The molecule has 1 aromatic carbocycles. The first-order valence-electron chi connectivity index (χ1n) is 4.02. The lowest BCUT2D eigenvalue weighted by Crippen LogP contribution is -1.97. The maximum atomic E-state index is 9.52. The molecule has 0 fully saturated rings. The van der Waals surface area contributed by atoms with Crippen LogP contribution in [0.4, 0.5) is 0 Å². The molecule has 1 aromatic rings. The number of aliphatic hydroxyl groups is 1. The molecule has 1 unspecified atom stereocenters. The van der Waals surface area contributed by atoms with Gasteiger partial charge < -0.3 is 5.11 Å². The van der Waals surface area contributed by atoms with Crippen LogP contribution in [0.5, 0.6) is 0 Å². The highest BCUT2D eigenvalue weighted by atomic mass is 35.5. The molecule has 0 saturated carbocycles. The number of nitrogens with zero attached hydrogens (tertiary/aromatic N) is 1. The zero-order valence-corrected chi connectivity index (χ0v) is 7.83. The van der Waals surface area contributed by atoms with Gasteiger partial charge in [0.05, 0.1) is 17.7 Å². The molecule has 0 amide bonds. The van der Waals surface area contributed by atoms with Crippen molar-refractivity contribution in [2.75, 3.05) is 5.88 Å². The van der Waals surface area contributed by atoms with E-state index in [4.69, 9.17) is 16.9 Å². The lowest BCUT2D eigenvalue weighted by molar-refractivity contribution is 0.174. The van der Waals surface area contributed by atoms with Crippen LogP contribution in [0.1, 0.15) is 23.7 Å². The number of alkyl halides is 1. The largest absolute Gasteiger partial charge is 0.388 e. The van der Waals surface area contributed by atoms with Gasteiger partial charge in [-0.2, -0.15) is 5.26 Å². The fraction of sp³-hybridized carbons (Fsp3) is 0.300. The van der Waals surface area contributed by atoms with Crippen molar-refractivity contribution < 1.29 is 5.11 Å². The van der Waals surface area contributed by atoms with Gasteiger partial charge in [-0.1, -0.05) is 12.1 Å². The third-order valence-electron chi connectivity index (χ3n) is 1.81. The standard InChI is InChI=1S/C10H10ClNO/c11-6-5-10(13)9-3-1-8(7-12)2-4-9/h1-4,10,13H,5-6H2. The molecule has 0 saturated heterocycles. The smallest absolute Gasteiger partial charge is 0.0991 e. The van der Waals surface area contributed by atoms with Gasteiger partial charge in [-0.25, -0.2) is 0 Å². The number of hydrogen-bond acceptors (Lipinski definition) is 2. The Balaban J connectivity index is 2.75. The Hall–Kier alpha value is -1.04. The molecule has 0 spiro atoms. The van der Waals surface area contributed by atoms with E-state index < -0.39 is 6.10 Å². The average molecular weight is 196 g/mol. The number of halogens is 1. The molecule has 0 heterocycles. The minimum atomic E-state index is -0.523. The summed E-state index contributed by atoms with van der Waals surface area (Å²) in [5.74, 6) is 0.432. The second-order valence-electron chi connectivity index (χ2n) is 2.73. The summed E-state index contributed by atoms with van der Waals surface area (Å²) >= 11 is 5.49. The van der Waals surface area contributed by atoms with E-state index in [-0.39, 0.29) is 0 Å². The average Bonchev–Trinajstić information content (AvgIpc) is 2.18. The molecule has 0 radical (unpaired) electrons. The predicted molar refractivity (Wildman–Crippen MR) is 51.5 cm³/mol. The Morgan fingerprint density at radius 1 is 1.38 bits per heavy atom. The van der Waals surface area contributed by atoms with Gasteiger partial charge in [0.1, 0.15) is 0 Å². The lowest BCUT2D eigenvalue weighted by Gasteiger charge is -2.08. The van der Waals surface area contributed by atoms with Crippen LogP contribution in [0.15, 0.2) is 24.3 Å². The SMILES string of the molecule is N#Cc1ccc(C(O)CCCl)cc1. The van der Waals surface area contributed by atoms with Crippen LogP contribution in [0.25, 0.3) is 0 Å². The second kappa shape index (κ2) is 4.86. The fourth-order valence-corrected chi connectivity index (χ4v) is 1.26. The Morgan fingerprint density at radius 2 is 2.00 bits per heavy atom. The van der Waals surface area contributed by atoms with Gasteiger partial charge in [-0.3, -0.25) is 0 Å². The van der Waals surface area contributed by atoms with E-state index in [1.807, 2.05) is 6.07 Å². The molecule has 0 aliphatic rings. The first-order chi connectivity index (χ1) is 6.27. The molecule has 2 nitrogen and oxygen atoms in total. The zero-order valence-electron chi connectivity index (χ0n) is 7.07. The van der Waals surface area contributed by atoms with E-state index in [1.165, 1.54) is 0 Å². The molecule has 0 aliphatic carbocycles. The summed E-state index contributed by atoms with van der Waals surface area (Å²) < 4.78 is 0. The van der Waals surface area contributed by atoms with Gasteiger partial charge in [0.25, 0.3) is 0 Å². The van der Waals surface area contributed by atoms with Gasteiger partial charge in [-0.05, 0) is 24.1 Å². The normalized spacial score (nSPS) is 12.1. The Bertz CT molecular complexity index is 302. The summed E-state index contributed by atoms with van der Waals surface area (Å²) in [6, 6.07) is 8.88. The van der Waals surface area contributed by atoms with E-state index in [0.29, 0.717) is 17.9 Å². The zero-order chi connectivity index (χ0) is 9.68. The summed E-state index contributed by atoms with van der Waals surface area (Å²) in [4.78, 5) is 0. The highest BCUT2D eigenvalue weighted by molar-refractivity contribution is 6.17. The summed E-state index contributed by atoms with van der Waals surface area (Å²) in [5, 5.41) is 18.1. The van der Waals surface area contributed by atoms with Gasteiger partial charge in [0.2, 0.25) is 0 Å². The molecular formula is C10H10ClNO. The van der Waals surface area contributed by atoms with Crippen molar-refractivity contribution in [3.8, 4) is 6.07 Å². The number of hydrogen-bond donors (Lipinski definition) is 1. The topological polar surface area (TPSA) is 44.0 Å². The molecular weight excluding hydrogens is 186 g/mol. The molecule has 0 aliphatic heterocycles. The van der Waals surface area contributed by atoms with E-state index in [2.05, 4.69) is 0 Å². The summed E-state index contributed by atoms with van der Waals surface area (Å²) in [5.41, 5.74) is 1.40. The maximum absolute atomic E-state index is 9.52. The van der Waals surface area contributed by atoms with E-state index >= 15 is 0 Å². The van der Waals surface area contributed by atoms with Crippen LogP contribution in [-0.2, 0) is 0 Å². The second-order valence-corrected chi connectivity index (χ2v) is 3.11. The number of aliphatic hydroxyl groups excluding tert-OH is 1. The van der Waals surface area contributed by atoms with Crippen LogP contribution < -0.4 is 0 Å². The predicted octanol–water partition coefficient (Wildman–Crippen LogP) is 2.22. The maximum Gasteiger partial charge on any atom is 0.0991 e. The monoisotopic (exact) mass is 195 g/mol. The number of nitriles is 1. The van der Waals surface area contributed by atoms with Crippen molar-refractivity contribution in [2.24, 2.45) is 0 Å². The molecule has 13 heavy (non-hydrogen) atoms. The van der Waals surface area contributed by atoms with Crippen molar-refractivity contribution in [3.05, 3.63) is 35.4 Å².